The van der Waals surface area contributed by atoms with Crippen LogP contribution in [-0.2, 0) is 12.4 Å². The number of aromatic nitrogens is 2. The molecule has 1 aliphatic heterocycles. The third kappa shape index (κ3) is 4.27. The van der Waals surface area contributed by atoms with Crippen molar-refractivity contribution in [3.63, 3.8) is 0 Å². The number of hydrogen-bond donors (Lipinski definition) is 1. The number of halogens is 6. The lowest BCUT2D eigenvalue weighted by atomic mass is 9.98. The van der Waals surface area contributed by atoms with E-state index in [1.807, 2.05) is 6.92 Å². The Morgan fingerprint density at radius 1 is 0.806 bits per heavy atom. The van der Waals surface area contributed by atoms with Crippen molar-refractivity contribution in [1.29, 1.82) is 0 Å². The lowest BCUT2D eigenvalue weighted by Gasteiger charge is -2.15. The van der Waals surface area contributed by atoms with E-state index >= 15 is 0 Å². The van der Waals surface area contributed by atoms with Crippen molar-refractivity contribution in [2.75, 3.05) is 5.32 Å². The Labute approximate surface area is 201 Å². The molecule has 0 aliphatic carbocycles. The van der Waals surface area contributed by atoms with Crippen LogP contribution in [0.3, 0.4) is 0 Å². The van der Waals surface area contributed by atoms with E-state index in [0.717, 1.165) is 18.2 Å². The van der Waals surface area contributed by atoms with Gasteiger partial charge in [-0.05, 0) is 42.3 Å². The number of nitrogens with one attached hydrogen (secondary N) is 1. The van der Waals surface area contributed by atoms with Crippen molar-refractivity contribution in [3.05, 3.63) is 89.0 Å². The standard InChI is InChI=1S/C26H18F6N4/c1-2-20-18-13-14(25(27,28)29)11-12-15(18)22(33-20)35-24-17-8-4-6-10-21(17)34-23(36-24)16-7-3-5-9-19(16)26(30,31)32/h3-13,20H,2H2,1H3,(H,33,34,35,36). The average molecular weight is 500 g/mol. The molecule has 0 fully saturated rings. The van der Waals surface area contributed by atoms with Gasteiger partial charge in [0.1, 0.15) is 11.7 Å². The van der Waals surface area contributed by atoms with Gasteiger partial charge in [0, 0.05) is 16.5 Å². The second-order valence-electron chi connectivity index (χ2n) is 8.28. The first-order valence-electron chi connectivity index (χ1n) is 11.1. The fourth-order valence-electron chi connectivity index (χ4n) is 4.27. The Hall–Kier alpha value is -3.95. The average Bonchev–Trinajstić information content (AvgIpc) is 3.19. The monoisotopic (exact) mass is 500 g/mol. The van der Waals surface area contributed by atoms with E-state index in [-0.39, 0.29) is 17.2 Å². The van der Waals surface area contributed by atoms with Gasteiger partial charge in [-0.3, -0.25) is 4.99 Å². The Bertz CT molecular complexity index is 1490. The Morgan fingerprint density at radius 2 is 1.53 bits per heavy atom. The van der Waals surface area contributed by atoms with E-state index in [0.29, 0.717) is 34.3 Å². The van der Waals surface area contributed by atoms with Crippen LogP contribution in [0.1, 0.15) is 41.6 Å². The van der Waals surface area contributed by atoms with Crippen LogP contribution < -0.4 is 5.32 Å². The number of fused-ring (bicyclic) bond motifs is 2. The number of hydrogen-bond acceptors (Lipinski definition) is 4. The van der Waals surface area contributed by atoms with Gasteiger partial charge in [-0.25, -0.2) is 9.97 Å². The molecule has 10 heteroatoms. The van der Waals surface area contributed by atoms with Gasteiger partial charge < -0.3 is 5.32 Å². The van der Waals surface area contributed by atoms with Gasteiger partial charge in [-0.15, -0.1) is 0 Å². The number of benzene rings is 3. The molecule has 0 amide bonds. The number of amidine groups is 1. The second kappa shape index (κ2) is 8.61. The topological polar surface area (TPSA) is 50.2 Å². The second-order valence-corrected chi connectivity index (χ2v) is 8.28. The zero-order chi connectivity index (χ0) is 25.7. The highest BCUT2D eigenvalue weighted by atomic mass is 19.4. The maximum Gasteiger partial charge on any atom is 0.417 e. The highest BCUT2D eigenvalue weighted by molar-refractivity contribution is 6.13. The molecule has 1 aromatic heterocycles. The van der Waals surface area contributed by atoms with Gasteiger partial charge in [-0.1, -0.05) is 43.3 Å². The molecule has 1 N–H and O–H groups in total. The highest BCUT2D eigenvalue weighted by Gasteiger charge is 2.35. The van der Waals surface area contributed by atoms with Crippen LogP contribution in [0.4, 0.5) is 32.2 Å². The summed E-state index contributed by atoms with van der Waals surface area (Å²) in [4.78, 5) is 13.3. The molecule has 4 nitrogen and oxygen atoms in total. The number of aliphatic imine (C=N–C) groups is 1. The predicted molar refractivity (Wildman–Crippen MR) is 125 cm³/mol. The Kier molecular flexibility index (Phi) is 5.69. The lowest BCUT2D eigenvalue weighted by Crippen LogP contribution is -2.15. The molecule has 5 rings (SSSR count). The van der Waals surface area contributed by atoms with E-state index in [2.05, 4.69) is 20.3 Å². The van der Waals surface area contributed by atoms with Crippen molar-refractivity contribution >= 4 is 22.6 Å². The molecule has 0 saturated carbocycles. The van der Waals surface area contributed by atoms with Crippen molar-refractivity contribution in [2.45, 2.75) is 31.7 Å². The highest BCUT2D eigenvalue weighted by Crippen LogP contribution is 2.39. The maximum absolute atomic E-state index is 13.7. The molecule has 0 bridgehead atoms. The maximum atomic E-state index is 13.7. The minimum Gasteiger partial charge on any atom is -0.324 e. The summed E-state index contributed by atoms with van der Waals surface area (Å²) in [6, 6.07) is 14.7. The predicted octanol–water partition coefficient (Wildman–Crippen LogP) is 7.66. The van der Waals surface area contributed by atoms with E-state index in [1.54, 1.807) is 24.3 Å². The molecular weight excluding hydrogens is 482 g/mol. The zero-order valence-corrected chi connectivity index (χ0v) is 18.7. The first kappa shape index (κ1) is 23.8. The minimum absolute atomic E-state index is 0.137. The van der Waals surface area contributed by atoms with Gasteiger partial charge in [0.25, 0.3) is 0 Å². The van der Waals surface area contributed by atoms with Gasteiger partial charge in [0.2, 0.25) is 0 Å². The quantitative estimate of drug-likeness (QED) is 0.294. The van der Waals surface area contributed by atoms with Crippen LogP contribution in [0.2, 0.25) is 0 Å². The first-order chi connectivity index (χ1) is 17.1. The van der Waals surface area contributed by atoms with Gasteiger partial charge in [0.15, 0.2) is 5.82 Å². The fourth-order valence-corrected chi connectivity index (χ4v) is 4.27. The summed E-state index contributed by atoms with van der Waals surface area (Å²) >= 11 is 0. The van der Waals surface area contributed by atoms with Gasteiger partial charge >= 0.3 is 12.4 Å². The van der Waals surface area contributed by atoms with Gasteiger partial charge in [-0.2, -0.15) is 26.3 Å². The van der Waals surface area contributed by atoms with Crippen molar-refractivity contribution in [2.24, 2.45) is 4.99 Å². The van der Waals surface area contributed by atoms with Crippen LogP contribution in [0.25, 0.3) is 22.3 Å². The first-order valence-corrected chi connectivity index (χ1v) is 11.1. The number of nitrogens with zero attached hydrogens (tertiary/aromatic N) is 3. The summed E-state index contributed by atoms with van der Waals surface area (Å²) in [7, 11) is 0. The number of alkyl halides is 6. The molecule has 184 valence electrons. The molecule has 0 saturated heterocycles. The molecular formula is C26H18F6N4. The summed E-state index contributed by atoms with van der Waals surface area (Å²) in [6.07, 6.45) is -8.64. The summed E-state index contributed by atoms with van der Waals surface area (Å²) < 4.78 is 80.8. The minimum atomic E-state index is -4.61. The zero-order valence-electron chi connectivity index (χ0n) is 18.7. The Morgan fingerprint density at radius 3 is 2.25 bits per heavy atom. The van der Waals surface area contributed by atoms with Crippen molar-refractivity contribution < 1.29 is 26.3 Å². The van der Waals surface area contributed by atoms with Crippen molar-refractivity contribution in [1.82, 2.24) is 9.97 Å². The molecule has 1 aliphatic rings. The van der Waals surface area contributed by atoms with E-state index in [9.17, 15) is 26.3 Å². The van der Waals surface area contributed by atoms with Crippen LogP contribution in [-0.4, -0.2) is 15.8 Å². The SMILES string of the molecule is CCC1N=C(Nc2nc(-c3ccccc3C(F)(F)F)nc3ccccc23)c2ccc(C(F)(F)F)cc21. The Balaban J connectivity index is 1.63. The van der Waals surface area contributed by atoms with Crippen LogP contribution in [0.15, 0.2) is 71.7 Å². The molecule has 36 heavy (non-hydrogen) atoms. The third-order valence-corrected chi connectivity index (χ3v) is 5.98. The molecule has 3 aromatic carbocycles. The summed E-state index contributed by atoms with van der Waals surface area (Å²) in [5, 5.41) is 3.60. The number of para-hydroxylation sites is 1. The van der Waals surface area contributed by atoms with Gasteiger partial charge in [0.05, 0.1) is 22.7 Å². The van der Waals surface area contributed by atoms with E-state index in [1.165, 1.54) is 24.3 Å². The van der Waals surface area contributed by atoms with Crippen LogP contribution in [0, 0.1) is 0 Å². The number of rotatable bonds is 3. The van der Waals surface area contributed by atoms with E-state index in [4.69, 9.17) is 0 Å². The smallest absolute Gasteiger partial charge is 0.324 e. The molecule has 0 radical (unpaired) electrons. The third-order valence-electron chi connectivity index (χ3n) is 5.98. The summed E-state index contributed by atoms with van der Waals surface area (Å²) in [5.74, 6) is 0.362. The van der Waals surface area contributed by atoms with Crippen LogP contribution >= 0.6 is 0 Å². The lowest BCUT2D eigenvalue weighted by molar-refractivity contribution is -0.138. The van der Waals surface area contributed by atoms with Crippen LogP contribution in [0.5, 0.6) is 0 Å². The van der Waals surface area contributed by atoms with Crippen molar-refractivity contribution in [3.8, 4) is 11.4 Å². The summed E-state index contributed by atoms with van der Waals surface area (Å²) in [6.45, 7) is 1.81. The molecule has 2 heterocycles. The summed E-state index contributed by atoms with van der Waals surface area (Å²) in [5.41, 5.74) is -0.519. The molecule has 1 unspecified atom stereocenters. The molecule has 0 spiro atoms. The normalized spacial score (nSPS) is 15.6. The molecule has 4 aromatic rings. The fraction of sp³-hybridized carbons (Fsp3) is 0.192. The largest absolute Gasteiger partial charge is 0.417 e. The molecule has 1 atom stereocenters. The van der Waals surface area contributed by atoms with E-state index < -0.39 is 29.5 Å². The number of anilines is 1.